The van der Waals surface area contributed by atoms with Crippen molar-refractivity contribution < 1.29 is 14.6 Å². The molecule has 3 nitrogen and oxygen atoms in total. The van der Waals surface area contributed by atoms with Crippen LogP contribution in [0.3, 0.4) is 0 Å². The monoisotopic (exact) mass is 228 g/mol. The minimum atomic E-state index is -0.359. The number of thiophene rings is 1. The van der Waals surface area contributed by atoms with E-state index in [9.17, 15) is 5.11 Å². The molecule has 1 aliphatic heterocycles. The lowest BCUT2D eigenvalue weighted by Crippen LogP contribution is -2.21. The van der Waals surface area contributed by atoms with Crippen LogP contribution < -0.4 is 4.74 Å². The molecule has 0 spiro atoms. The second-order valence-corrected chi connectivity index (χ2v) is 4.73. The summed E-state index contributed by atoms with van der Waals surface area (Å²) in [6.45, 7) is 1.54. The maximum atomic E-state index is 10.2. The van der Waals surface area contributed by atoms with Gasteiger partial charge in [0.15, 0.2) is 0 Å². The normalized spacial score (nSPS) is 20.1. The standard InChI is InChI=1S/C11H16O3S/c1-13-9-6-10(15-7-9)11(12)8-2-4-14-5-3-8/h6-8,11-12H,2-5H2,1H3. The lowest BCUT2D eigenvalue weighted by Gasteiger charge is -2.25. The fraction of sp³-hybridized carbons (Fsp3) is 0.636. The first-order valence-corrected chi connectivity index (χ1v) is 6.07. The summed E-state index contributed by atoms with van der Waals surface area (Å²) in [6.07, 6.45) is 1.53. The lowest BCUT2D eigenvalue weighted by atomic mass is 9.93. The number of aliphatic hydroxyl groups is 1. The van der Waals surface area contributed by atoms with Crippen LogP contribution in [0.5, 0.6) is 5.75 Å². The van der Waals surface area contributed by atoms with Crippen molar-refractivity contribution in [2.45, 2.75) is 18.9 Å². The molecule has 15 heavy (non-hydrogen) atoms. The Kier molecular flexibility index (Phi) is 3.61. The molecular weight excluding hydrogens is 212 g/mol. The largest absolute Gasteiger partial charge is 0.496 e. The first kappa shape index (κ1) is 10.9. The molecule has 1 aromatic heterocycles. The van der Waals surface area contributed by atoms with Crippen molar-refractivity contribution in [3.05, 3.63) is 16.3 Å². The molecule has 0 aromatic carbocycles. The highest BCUT2D eigenvalue weighted by Crippen LogP contribution is 2.35. The molecule has 4 heteroatoms. The van der Waals surface area contributed by atoms with E-state index in [4.69, 9.17) is 9.47 Å². The van der Waals surface area contributed by atoms with Gasteiger partial charge in [-0.1, -0.05) is 0 Å². The zero-order chi connectivity index (χ0) is 10.7. The Hall–Kier alpha value is -0.580. The van der Waals surface area contributed by atoms with E-state index < -0.39 is 0 Å². The molecule has 2 rings (SSSR count). The van der Waals surface area contributed by atoms with E-state index >= 15 is 0 Å². The Morgan fingerprint density at radius 2 is 2.27 bits per heavy atom. The second-order valence-electron chi connectivity index (χ2n) is 3.78. The molecule has 0 aliphatic carbocycles. The van der Waals surface area contributed by atoms with E-state index in [0.29, 0.717) is 5.92 Å². The van der Waals surface area contributed by atoms with Crippen molar-refractivity contribution in [2.24, 2.45) is 5.92 Å². The van der Waals surface area contributed by atoms with Crippen LogP contribution in [0, 0.1) is 5.92 Å². The lowest BCUT2D eigenvalue weighted by molar-refractivity contribution is 0.00850. The van der Waals surface area contributed by atoms with Gasteiger partial charge >= 0.3 is 0 Å². The minimum Gasteiger partial charge on any atom is -0.496 e. The fourth-order valence-corrected chi connectivity index (χ4v) is 2.79. The van der Waals surface area contributed by atoms with Gasteiger partial charge in [-0.25, -0.2) is 0 Å². The van der Waals surface area contributed by atoms with E-state index in [2.05, 4.69) is 0 Å². The summed E-state index contributed by atoms with van der Waals surface area (Å²) in [5.74, 6) is 1.17. The van der Waals surface area contributed by atoms with Crippen molar-refractivity contribution >= 4 is 11.3 Å². The van der Waals surface area contributed by atoms with Gasteiger partial charge in [0.1, 0.15) is 5.75 Å². The quantitative estimate of drug-likeness (QED) is 0.862. The molecule has 1 aliphatic rings. The van der Waals surface area contributed by atoms with E-state index in [1.54, 1.807) is 18.4 Å². The van der Waals surface area contributed by atoms with E-state index in [1.807, 2.05) is 11.4 Å². The Labute approximate surface area is 93.6 Å². The molecule has 0 amide bonds. The Balaban J connectivity index is 2.02. The molecular formula is C11H16O3S. The van der Waals surface area contributed by atoms with Gasteiger partial charge in [0, 0.05) is 23.5 Å². The van der Waals surface area contributed by atoms with Gasteiger partial charge in [-0.2, -0.15) is 0 Å². The average Bonchev–Trinajstić information content (AvgIpc) is 2.78. The molecule has 84 valence electrons. The van der Waals surface area contributed by atoms with Crippen LogP contribution in [0.1, 0.15) is 23.8 Å². The van der Waals surface area contributed by atoms with Gasteiger partial charge in [-0.3, -0.25) is 0 Å². The van der Waals surface area contributed by atoms with Crippen molar-refractivity contribution in [3.63, 3.8) is 0 Å². The highest BCUT2D eigenvalue weighted by Gasteiger charge is 2.24. The van der Waals surface area contributed by atoms with Crippen LogP contribution >= 0.6 is 11.3 Å². The molecule has 1 N–H and O–H groups in total. The van der Waals surface area contributed by atoms with Crippen LogP contribution in [0.25, 0.3) is 0 Å². The molecule has 1 fully saturated rings. The number of ether oxygens (including phenoxy) is 2. The minimum absolute atomic E-state index is 0.335. The van der Waals surface area contributed by atoms with Crippen molar-refractivity contribution in [1.82, 2.24) is 0 Å². The highest BCUT2D eigenvalue weighted by molar-refractivity contribution is 7.10. The Morgan fingerprint density at radius 3 is 2.87 bits per heavy atom. The van der Waals surface area contributed by atoms with Gasteiger partial charge in [0.2, 0.25) is 0 Å². The summed E-state index contributed by atoms with van der Waals surface area (Å²) in [7, 11) is 1.65. The smallest absolute Gasteiger partial charge is 0.129 e. The highest BCUT2D eigenvalue weighted by atomic mass is 32.1. The number of methoxy groups -OCH3 is 1. The second kappa shape index (κ2) is 4.96. The molecule has 1 atom stereocenters. The maximum Gasteiger partial charge on any atom is 0.129 e. The van der Waals surface area contributed by atoms with Crippen LogP contribution in [0.15, 0.2) is 11.4 Å². The Bertz CT molecular complexity index is 305. The first-order valence-electron chi connectivity index (χ1n) is 5.19. The molecule has 0 saturated carbocycles. The van der Waals surface area contributed by atoms with Gasteiger partial charge in [0.05, 0.1) is 13.2 Å². The summed E-state index contributed by atoms with van der Waals surface area (Å²) in [4.78, 5) is 0.999. The van der Waals surface area contributed by atoms with Crippen molar-refractivity contribution in [3.8, 4) is 5.75 Å². The summed E-state index contributed by atoms with van der Waals surface area (Å²) in [5, 5.41) is 12.1. The molecule has 0 bridgehead atoms. The number of aliphatic hydroxyl groups excluding tert-OH is 1. The van der Waals surface area contributed by atoms with Crippen LogP contribution in [0.4, 0.5) is 0 Å². The van der Waals surface area contributed by atoms with Gasteiger partial charge in [-0.05, 0) is 24.8 Å². The zero-order valence-electron chi connectivity index (χ0n) is 8.81. The summed E-state index contributed by atoms with van der Waals surface area (Å²) in [6, 6.07) is 1.92. The van der Waals surface area contributed by atoms with Crippen LogP contribution in [-0.2, 0) is 4.74 Å². The number of hydrogen-bond acceptors (Lipinski definition) is 4. The summed E-state index contributed by atoms with van der Waals surface area (Å²) >= 11 is 1.56. The molecule has 0 radical (unpaired) electrons. The average molecular weight is 228 g/mol. The van der Waals surface area contributed by atoms with Crippen molar-refractivity contribution in [2.75, 3.05) is 20.3 Å². The van der Waals surface area contributed by atoms with E-state index in [-0.39, 0.29) is 6.10 Å². The SMILES string of the molecule is COc1csc(C(O)C2CCOCC2)c1. The maximum absolute atomic E-state index is 10.2. The summed E-state index contributed by atoms with van der Waals surface area (Å²) in [5.41, 5.74) is 0. The fourth-order valence-electron chi connectivity index (χ4n) is 1.86. The zero-order valence-corrected chi connectivity index (χ0v) is 9.63. The molecule has 1 unspecified atom stereocenters. The van der Waals surface area contributed by atoms with Crippen molar-refractivity contribution in [1.29, 1.82) is 0 Å². The topological polar surface area (TPSA) is 38.7 Å². The third kappa shape index (κ3) is 2.51. The van der Waals surface area contributed by atoms with E-state index in [0.717, 1.165) is 36.7 Å². The van der Waals surface area contributed by atoms with Gasteiger partial charge in [-0.15, -0.1) is 11.3 Å². The van der Waals surface area contributed by atoms with Crippen LogP contribution in [0.2, 0.25) is 0 Å². The Morgan fingerprint density at radius 1 is 1.53 bits per heavy atom. The molecule has 2 heterocycles. The van der Waals surface area contributed by atoms with Gasteiger partial charge < -0.3 is 14.6 Å². The molecule has 1 aromatic rings. The van der Waals surface area contributed by atoms with Gasteiger partial charge in [0.25, 0.3) is 0 Å². The number of rotatable bonds is 3. The van der Waals surface area contributed by atoms with Crippen LogP contribution in [-0.4, -0.2) is 25.4 Å². The first-order chi connectivity index (χ1) is 7.31. The predicted octanol–water partition coefficient (Wildman–Crippen LogP) is 2.22. The molecule has 1 saturated heterocycles. The number of hydrogen-bond donors (Lipinski definition) is 1. The predicted molar refractivity (Wildman–Crippen MR) is 59.4 cm³/mol. The van der Waals surface area contributed by atoms with E-state index in [1.165, 1.54) is 0 Å². The third-order valence-corrected chi connectivity index (χ3v) is 3.82. The summed E-state index contributed by atoms with van der Waals surface area (Å²) < 4.78 is 10.4. The third-order valence-electron chi connectivity index (χ3n) is 2.84.